The van der Waals surface area contributed by atoms with E-state index in [1.165, 1.54) is 46.4 Å². The zero-order chi connectivity index (χ0) is 20.8. The lowest BCUT2D eigenvalue weighted by Gasteiger charge is -2.31. The van der Waals surface area contributed by atoms with Crippen molar-refractivity contribution in [3.63, 3.8) is 0 Å². The van der Waals surface area contributed by atoms with Crippen LogP contribution in [0.4, 0.5) is 5.82 Å². The van der Waals surface area contributed by atoms with Crippen molar-refractivity contribution < 1.29 is 9.90 Å². The van der Waals surface area contributed by atoms with Gasteiger partial charge in [0.15, 0.2) is 0 Å². The molecular formula is C23H24ClN3O2S. The molecule has 2 aromatic heterocycles. The van der Waals surface area contributed by atoms with Crippen molar-refractivity contribution >= 4 is 44.9 Å². The summed E-state index contributed by atoms with van der Waals surface area (Å²) in [7, 11) is 0. The number of anilines is 1. The van der Waals surface area contributed by atoms with Crippen LogP contribution in [-0.4, -0.2) is 34.1 Å². The molecule has 2 aliphatic rings. The molecule has 0 bridgehead atoms. The molecule has 0 atom stereocenters. The van der Waals surface area contributed by atoms with Crippen LogP contribution >= 0.6 is 22.9 Å². The van der Waals surface area contributed by atoms with Crippen LogP contribution in [0.25, 0.3) is 21.3 Å². The van der Waals surface area contributed by atoms with Crippen LogP contribution in [0.3, 0.4) is 0 Å². The maximum absolute atomic E-state index is 11.4. The van der Waals surface area contributed by atoms with Gasteiger partial charge in [0.2, 0.25) is 5.28 Å². The summed E-state index contributed by atoms with van der Waals surface area (Å²) in [6, 6.07) is 6.85. The van der Waals surface area contributed by atoms with Crippen molar-refractivity contribution in [2.75, 3.05) is 18.0 Å². The predicted octanol–water partition coefficient (Wildman–Crippen LogP) is 5.50. The molecule has 5 rings (SSSR count). The van der Waals surface area contributed by atoms with Gasteiger partial charge in [-0.3, -0.25) is 4.79 Å². The average molecular weight is 442 g/mol. The Kier molecular flexibility index (Phi) is 5.15. The van der Waals surface area contributed by atoms with Gasteiger partial charge in [0, 0.05) is 23.5 Å². The number of nitrogens with zero attached hydrogens (tertiary/aromatic N) is 3. The van der Waals surface area contributed by atoms with E-state index in [0.717, 1.165) is 22.5 Å². The number of hydrogen-bond acceptors (Lipinski definition) is 5. The van der Waals surface area contributed by atoms with Gasteiger partial charge in [-0.15, -0.1) is 11.3 Å². The number of fused-ring (bicyclic) bond motifs is 2. The second kappa shape index (κ2) is 7.82. The van der Waals surface area contributed by atoms with Gasteiger partial charge in [-0.2, -0.15) is 4.98 Å². The molecule has 1 aliphatic heterocycles. The summed E-state index contributed by atoms with van der Waals surface area (Å²) < 4.78 is 0. The first-order valence-corrected chi connectivity index (χ1v) is 11.8. The van der Waals surface area contributed by atoms with Crippen LogP contribution in [0.1, 0.15) is 41.7 Å². The highest BCUT2D eigenvalue weighted by Crippen LogP contribution is 2.43. The van der Waals surface area contributed by atoms with E-state index in [2.05, 4.69) is 40.0 Å². The van der Waals surface area contributed by atoms with E-state index >= 15 is 0 Å². The Morgan fingerprint density at radius 3 is 2.63 bits per heavy atom. The average Bonchev–Trinajstić information content (AvgIpc) is 3.08. The number of hydrogen-bond donors (Lipinski definition) is 1. The standard InChI is InChI=1S/C23H24ClN3O2S/c1-13-18(17-7-6-14-4-2-3-5-16(14)12-17)19-20(25-23(24)26-21(19)30-13)27-10-8-15(9-11-27)22(28)29/h6-7,12,15H,2-5,8-11H2,1H3,(H,28,29). The summed E-state index contributed by atoms with van der Waals surface area (Å²) in [5.41, 5.74) is 5.33. The maximum Gasteiger partial charge on any atom is 0.306 e. The van der Waals surface area contributed by atoms with Crippen molar-refractivity contribution in [2.45, 2.75) is 45.4 Å². The number of benzene rings is 1. The number of carboxylic acids is 1. The van der Waals surface area contributed by atoms with E-state index in [1.54, 1.807) is 11.3 Å². The van der Waals surface area contributed by atoms with E-state index in [9.17, 15) is 9.90 Å². The Morgan fingerprint density at radius 2 is 1.90 bits per heavy atom. The highest BCUT2D eigenvalue weighted by Gasteiger charge is 2.28. The zero-order valence-electron chi connectivity index (χ0n) is 16.9. The van der Waals surface area contributed by atoms with Crippen molar-refractivity contribution in [3.05, 3.63) is 39.5 Å². The topological polar surface area (TPSA) is 66.3 Å². The summed E-state index contributed by atoms with van der Waals surface area (Å²) in [5.74, 6) is -0.147. The number of rotatable bonds is 3. The van der Waals surface area contributed by atoms with Crippen LogP contribution in [0.2, 0.25) is 5.28 Å². The van der Waals surface area contributed by atoms with Gasteiger partial charge in [-0.05, 0) is 73.7 Å². The van der Waals surface area contributed by atoms with Crippen LogP contribution in [0.5, 0.6) is 0 Å². The van der Waals surface area contributed by atoms with Crippen LogP contribution in [0, 0.1) is 12.8 Å². The molecule has 0 amide bonds. The van der Waals surface area contributed by atoms with Crippen molar-refractivity contribution in [2.24, 2.45) is 5.92 Å². The number of carbonyl (C=O) groups is 1. The fourth-order valence-corrected chi connectivity index (χ4v) is 6.13. The monoisotopic (exact) mass is 441 g/mol. The van der Waals surface area contributed by atoms with E-state index in [4.69, 9.17) is 11.6 Å². The predicted molar refractivity (Wildman–Crippen MR) is 122 cm³/mol. The van der Waals surface area contributed by atoms with Gasteiger partial charge in [0.05, 0.1) is 11.3 Å². The van der Waals surface area contributed by atoms with Crippen LogP contribution in [-0.2, 0) is 17.6 Å². The Hall–Kier alpha value is -2.18. The molecule has 0 saturated carbocycles. The number of piperidine rings is 1. The number of thiophene rings is 1. The molecule has 1 saturated heterocycles. The summed E-state index contributed by atoms with van der Waals surface area (Å²) >= 11 is 7.94. The first kappa shape index (κ1) is 19.8. The van der Waals surface area contributed by atoms with Gasteiger partial charge in [0.25, 0.3) is 0 Å². The second-order valence-corrected chi connectivity index (χ2v) is 9.86. The van der Waals surface area contributed by atoms with Crippen LogP contribution < -0.4 is 4.90 Å². The molecule has 30 heavy (non-hydrogen) atoms. The third kappa shape index (κ3) is 3.46. The van der Waals surface area contributed by atoms with E-state index in [0.29, 0.717) is 25.9 Å². The first-order valence-electron chi connectivity index (χ1n) is 10.6. The smallest absolute Gasteiger partial charge is 0.306 e. The van der Waals surface area contributed by atoms with E-state index in [-0.39, 0.29) is 11.2 Å². The Bertz CT molecular complexity index is 1140. The number of halogens is 1. The van der Waals surface area contributed by atoms with Gasteiger partial charge in [-0.1, -0.05) is 18.2 Å². The van der Waals surface area contributed by atoms with Gasteiger partial charge < -0.3 is 10.0 Å². The molecule has 3 heterocycles. The number of aliphatic carboxylic acids is 1. The van der Waals surface area contributed by atoms with Gasteiger partial charge >= 0.3 is 5.97 Å². The number of aryl methyl sites for hydroxylation is 3. The highest BCUT2D eigenvalue weighted by atomic mass is 35.5. The zero-order valence-corrected chi connectivity index (χ0v) is 18.5. The summed E-state index contributed by atoms with van der Waals surface area (Å²) in [4.78, 5) is 24.8. The molecule has 7 heteroatoms. The summed E-state index contributed by atoms with van der Waals surface area (Å²) in [6.07, 6.45) is 6.08. The minimum atomic E-state index is -0.707. The fourth-order valence-electron chi connectivity index (χ4n) is 4.87. The lowest BCUT2D eigenvalue weighted by atomic mass is 9.88. The van der Waals surface area contributed by atoms with E-state index in [1.807, 2.05) is 0 Å². The fraction of sp³-hybridized carbons (Fsp3) is 0.435. The molecule has 3 aromatic rings. The lowest BCUT2D eigenvalue weighted by Crippen LogP contribution is -2.37. The molecule has 1 fully saturated rings. The van der Waals surface area contributed by atoms with Gasteiger partial charge in [-0.25, -0.2) is 4.98 Å². The van der Waals surface area contributed by atoms with Crippen molar-refractivity contribution in [1.29, 1.82) is 0 Å². The Morgan fingerprint density at radius 1 is 1.17 bits per heavy atom. The highest BCUT2D eigenvalue weighted by molar-refractivity contribution is 7.19. The SMILES string of the molecule is Cc1sc2nc(Cl)nc(N3CCC(C(=O)O)CC3)c2c1-c1ccc2c(c1)CCCC2. The minimum absolute atomic E-state index is 0.246. The third-order valence-electron chi connectivity index (χ3n) is 6.46. The number of carboxylic acid groups (broad SMARTS) is 1. The largest absolute Gasteiger partial charge is 0.481 e. The van der Waals surface area contributed by atoms with Gasteiger partial charge in [0.1, 0.15) is 10.6 Å². The molecule has 0 spiro atoms. The Labute approximate surface area is 184 Å². The lowest BCUT2D eigenvalue weighted by molar-refractivity contribution is -0.142. The third-order valence-corrected chi connectivity index (χ3v) is 7.63. The minimum Gasteiger partial charge on any atom is -0.481 e. The normalized spacial score (nSPS) is 17.3. The molecule has 1 N–H and O–H groups in total. The van der Waals surface area contributed by atoms with Crippen molar-refractivity contribution in [3.8, 4) is 11.1 Å². The van der Waals surface area contributed by atoms with Crippen LogP contribution in [0.15, 0.2) is 18.2 Å². The van der Waals surface area contributed by atoms with Crippen molar-refractivity contribution in [1.82, 2.24) is 9.97 Å². The number of aromatic nitrogens is 2. The molecule has 5 nitrogen and oxygen atoms in total. The van der Waals surface area contributed by atoms with E-state index < -0.39 is 5.97 Å². The Balaban J connectivity index is 1.62. The molecule has 1 aromatic carbocycles. The molecule has 0 unspecified atom stereocenters. The quantitative estimate of drug-likeness (QED) is 0.543. The summed E-state index contributed by atoms with van der Waals surface area (Å²) in [6.45, 7) is 3.46. The second-order valence-electron chi connectivity index (χ2n) is 8.32. The molecule has 1 aliphatic carbocycles. The first-order chi connectivity index (χ1) is 14.5. The molecule has 156 valence electrons. The summed E-state index contributed by atoms with van der Waals surface area (Å²) in [5, 5.41) is 10.6. The molecular weight excluding hydrogens is 418 g/mol. The molecule has 0 radical (unpaired) electrons. The maximum atomic E-state index is 11.4.